The molecule has 0 bridgehead atoms. The topological polar surface area (TPSA) is 64.6 Å². The van der Waals surface area contributed by atoms with Crippen molar-refractivity contribution in [3.05, 3.63) is 11.6 Å². The number of esters is 1. The number of rotatable bonds is 4. The van der Waals surface area contributed by atoms with Gasteiger partial charge in [0, 0.05) is 12.1 Å². The Bertz CT molecular complexity index is 415. The van der Waals surface area contributed by atoms with E-state index in [-0.39, 0.29) is 12.1 Å². The predicted octanol–water partition coefficient (Wildman–Crippen LogP) is 3.44. The van der Waals surface area contributed by atoms with Gasteiger partial charge in [-0.1, -0.05) is 6.08 Å². The van der Waals surface area contributed by atoms with Gasteiger partial charge < -0.3 is 14.8 Å². The predicted molar refractivity (Wildman–Crippen MR) is 85.5 cm³/mol. The highest BCUT2D eigenvalue weighted by Gasteiger charge is 2.22. The third-order valence-corrected chi connectivity index (χ3v) is 3.82. The minimum absolute atomic E-state index is 0.256. The zero-order valence-corrected chi connectivity index (χ0v) is 14.4. The lowest BCUT2D eigenvalue weighted by Crippen LogP contribution is -2.36. The number of hydrogen-bond donors (Lipinski definition) is 1. The fraction of sp³-hybridized carbons (Fsp3) is 0.765. The van der Waals surface area contributed by atoms with Crippen LogP contribution in [0.2, 0.25) is 0 Å². The molecule has 1 rings (SSSR count). The number of ether oxygens (including phenoxy) is 2. The molecule has 1 aliphatic carbocycles. The Morgan fingerprint density at radius 2 is 1.77 bits per heavy atom. The SMILES string of the molecule is COC(=O)/C(C)=C\[C@H]1CC[C@H](CNC(=O)OC(C)(C)C)CC1. The standard InChI is InChI=1S/C17H29NO4/c1-12(15(19)21-5)10-13-6-8-14(9-7-13)11-18-16(20)22-17(2,3)4/h10,13-14H,6-9,11H2,1-5H3,(H,18,20)/b12-10-/t13-,14-. The second-order valence-corrected chi connectivity index (χ2v) is 7.00. The van der Waals surface area contributed by atoms with Crippen molar-refractivity contribution in [3.8, 4) is 0 Å². The maximum Gasteiger partial charge on any atom is 0.407 e. The van der Waals surface area contributed by atoms with E-state index in [0.29, 0.717) is 24.0 Å². The van der Waals surface area contributed by atoms with Gasteiger partial charge in [-0.2, -0.15) is 0 Å². The normalized spacial score (nSPS) is 22.9. The van der Waals surface area contributed by atoms with Crippen molar-refractivity contribution < 1.29 is 19.1 Å². The van der Waals surface area contributed by atoms with E-state index < -0.39 is 5.60 Å². The average Bonchev–Trinajstić information content (AvgIpc) is 2.43. The Morgan fingerprint density at radius 1 is 1.18 bits per heavy atom. The first-order chi connectivity index (χ1) is 10.2. The van der Waals surface area contributed by atoms with Crippen LogP contribution in [0.5, 0.6) is 0 Å². The summed E-state index contributed by atoms with van der Waals surface area (Å²) in [7, 11) is 1.40. The summed E-state index contributed by atoms with van der Waals surface area (Å²) >= 11 is 0. The van der Waals surface area contributed by atoms with Crippen molar-refractivity contribution in [2.45, 2.75) is 59.0 Å². The van der Waals surface area contributed by atoms with E-state index in [1.54, 1.807) is 6.92 Å². The minimum atomic E-state index is -0.460. The summed E-state index contributed by atoms with van der Waals surface area (Å²) in [5.41, 5.74) is 0.218. The number of methoxy groups -OCH3 is 1. The molecular formula is C17H29NO4. The second kappa shape index (κ2) is 8.20. The smallest absolute Gasteiger partial charge is 0.407 e. The quantitative estimate of drug-likeness (QED) is 0.638. The number of hydrogen-bond acceptors (Lipinski definition) is 4. The lowest BCUT2D eigenvalue weighted by molar-refractivity contribution is -0.136. The number of carbonyl (C=O) groups is 2. The van der Waals surface area contributed by atoms with Crippen molar-refractivity contribution >= 4 is 12.1 Å². The first-order valence-electron chi connectivity index (χ1n) is 7.95. The highest BCUT2D eigenvalue weighted by Crippen LogP contribution is 2.30. The van der Waals surface area contributed by atoms with Crippen LogP contribution < -0.4 is 5.32 Å². The molecule has 0 aromatic heterocycles. The Balaban J connectivity index is 2.31. The molecule has 1 N–H and O–H groups in total. The highest BCUT2D eigenvalue weighted by molar-refractivity contribution is 5.87. The maximum atomic E-state index is 11.6. The third-order valence-electron chi connectivity index (χ3n) is 3.82. The van der Waals surface area contributed by atoms with E-state index in [1.807, 2.05) is 26.8 Å². The molecule has 0 atom stereocenters. The lowest BCUT2D eigenvalue weighted by atomic mass is 9.81. The van der Waals surface area contributed by atoms with Crippen LogP contribution in [0.3, 0.4) is 0 Å². The van der Waals surface area contributed by atoms with Crippen LogP contribution in [0.25, 0.3) is 0 Å². The molecule has 5 heteroatoms. The van der Waals surface area contributed by atoms with E-state index in [1.165, 1.54) is 7.11 Å². The molecule has 22 heavy (non-hydrogen) atoms. The van der Waals surface area contributed by atoms with Crippen molar-refractivity contribution in [1.82, 2.24) is 5.32 Å². The largest absolute Gasteiger partial charge is 0.466 e. The van der Waals surface area contributed by atoms with Crippen molar-refractivity contribution in [2.24, 2.45) is 11.8 Å². The van der Waals surface area contributed by atoms with Gasteiger partial charge in [-0.3, -0.25) is 0 Å². The van der Waals surface area contributed by atoms with Gasteiger partial charge in [0.2, 0.25) is 0 Å². The molecule has 1 fully saturated rings. The Hall–Kier alpha value is -1.52. The molecular weight excluding hydrogens is 282 g/mol. The third kappa shape index (κ3) is 6.96. The molecule has 0 radical (unpaired) electrons. The first-order valence-corrected chi connectivity index (χ1v) is 7.95. The van der Waals surface area contributed by atoms with Crippen molar-refractivity contribution in [3.63, 3.8) is 0 Å². The van der Waals surface area contributed by atoms with Crippen LogP contribution in [0.15, 0.2) is 11.6 Å². The van der Waals surface area contributed by atoms with E-state index in [2.05, 4.69) is 5.32 Å². The molecule has 0 unspecified atom stereocenters. The Morgan fingerprint density at radius 3 is 2.27 bits per heavy atom. The lowest BCUT2D eigenvalue weighted by Gasteiger charge is -2.27. The molecule has 5 nitrogen and oxygen atoms in total. The van der Waals surface area contributed by atoms with Gasteiger partial charge in [0.15, 0.2) is 0 Å². The molecule has 126 valence electrons. The molecule has 0 aromatic carbocycles. The number of amides is 1. The summed E-state index contributed by atoms with van der Waals surface area (Å²) < 4.78 is 9.94. The molecule has 0 aliphatic heterocycles. The Kier molecular flexibility index (Phi) is 6.91. The van der Waals surface area contributed by atoms with Gasteiger partial charge in [-0.15, -0.1) is 0 Å². The van der Waals surface area contributed by atoms with Gasteiger partial charge >= 0.3 is 12.1 Å². The van der Waals surface area contributed by atoms with Crippen LogP contribution in [-0.2, 0) is 14.3 Å². The molecule has 1 aliphatic rings. The van der Waals surface area contributed by atoms with Crippen molar-refractivity contribution in [1.29, 1.82) is 0 Å². The number of alkyl carbamates (subject to hydrolysis) is 1. The van der Waals surface area contributed by atoms with Gasteiger partial charge in [-0.05, 0) is 65.2 Å². The molecule has 1 saturated carbocycles. The zero-order chi connectivity index (χ0) is 16.8. The second-order valence-electron chi connectivity index (χ2n) is 7.00. The fourth-order valence-electron chi connectivity index (χ4n) is 2.68. The summed E-state index contributed by atoms with van der Waals surface area (Å²) in [5.74, 6) is 0.654. The number of carbonyl (C=O) groups excluding carboxylic acids is 2. The van der Waals surface area contributed by atoms with Crippen molar-refractivity contribution in [2.75, 3.05) is 13.7 Å². The summed E-state index contributed by atoms with van der Waals surface area (Å²) in [4.78, 5) is 23.0. The molecule has 0 saturated heterocycles. The summed E-state index contributed by atoms with van der Waals surface area (Å²) in [6, 6.07) is 0. The Labute approximate surface area is 133 Å². The van der Waals surface area contributed by atoms with E-state index in [4.69, 9.17) is 9.47 Å². The van der Waals surface area contributed by atoms with Gasteiger partial charge in [-0.25, -0.2) is 9.59 Å². The molecule has 0 heterocycles. The van der Waals surface area contributed by atoms with Gasteiger partial charge in [0.1, 0.15) is 5.60 Å². The summed E-state index contributed by atoms with van der Waals surface area (Å²) in [6.45, 7) is 8.01. The van der Waals surface area contributed by atoms with Gasteiger partial charge in [0.25, 0.3) is 0 Å². The number of nitrogens with one attached hydrogen (secondary N) is 1. The number of allylic oxidation sites excluding steroid dienone is 1. The monoisotopic (exact) mass is 311 g/mol. The maximum absolute atomic E-state index is 11.6. The fourth-order valence-corrected chi connectivity index (χ4v) is 2.68. The molecule has 1 amide bonds. The van der Waals surface area contributed by atoms with Crippen LogP contribution in [0, 0.1) is 11.8 Å². The zero-order valence-electron chi connectivity index (χ0n) is 14.4. The van der Waals surface area contributed by atoms with Crippen LogP contribution in [-0.4, -0.2) is 31.3 Å². The minimum Gasteiger partial charge on any atom is -0.466 e. The van der Waals surface area contributed by atoms with E-state index in [0.717, 1.165) is 25.7 Å². The highest BCUT2D eigenvalue weighted by atomic mass is 16.6. The summed E-state index contributed by atoms with van der Waals surface area (Å²) in [6.07, 6.45) is 5.83. The summed E-state index contributed by atoms with van der Waals surface area (Å²) in [5, 5.41) is 2.84. The van der Waals surface area contributed by atoms with E-state index >= 15 is 0 Å². The van der Waals surface area contributed by atoms with Crippen LogP contribution in [0.4, 0.5) is 4.79 Å². The van der Waals surface area contributed by atoms with Gasteiger partial charge in [0.05, 0.1) is 7.11 Å². The first kappa shape index (κ1) is 18.5. The molecule has 0 spiro atoms. The van der Waals surface area contributed by atoms with E-state index in [9.17, 15) is 9.59 Å². The molecule has 0 aromatic rings. The average molecular weight is 311 g/mol. The van der Waals surface area contributed by atoms with Crippen LogP contribution in [0.1, 0.15) is 53.4 Å². The van der Waals surface area contributed by atoms with Crippen LogP contribution >= 0.6 is 0 Å².